The van der Waals surface area contributed by atoms with Crippen LogP contribution in [0, 0.1) is 12.8 Å². The minimum absolute atomic E-state index is 0.0177. The van der Waals surface area contributed by atoms with Gasteiger partial charge in [0.25, 0.3) is 0 Å². The lowest BCUT2D eigenvalue weighted by molar-refractivity contribution is 0.0177. The van der Waals surface area contributed by atoms with E-state index >= 15 is 0 Å². The predicted molar refractivity (Wildman–Crippen MR) is 97.4 cm³/mol. The maximum Gasteiger partial charge on any atom is 0.344 e. The third-order valence-electron chi connectivity index (χ3n) is 5.89. The van der Waals surface area contributed by atoms with Crippen molar-refractivity contribution in [3.05, 3.63) is 40.1 Å². The van der Waals surface area contributed by atoms with E-state index in [2.05, 4.69) is 10.5 Å². The summed E-state index contributed by atoms with van der Waals surface area (Å²) in [6, 6.07) is 6.15. The minimum Gasteiger partial charge on any atom is -0.458 e. The number of aromatic nitrogens is 1. The summed E-state index contributed by atoms with van der Waals surface area (Å²) in [5.41, 5.74) is 2.71. The van der Waals surface area contributed by atoms with Crippen LogP contribution in [-0.4, -0.2) is 29.8 Å². The smallest absolute Gasteiger partial charge is 0.344 e. The average molecular weight is 373 g/mol. The fourth-order valence-electron chi connectivity index (χ4n) is 4.35. The Morgan fingerprint density at radius 1 is 1.35 bits per heavy atom. The fourth-order valence-corrected chi connectivity index (χ4v) is 4.66. The van der Waals surface area contributed by atoms with Crippen molar-refractivity contribution >= 4 is 17.6 Å². The standard InChI is InChI=1S/C20H21ClN2O3/c1-10-3-2-4-14(21)16(10)18-17(19(26-23-18)11-5-6-11)20(24)25-15-8-13-7-12(15)9-22-13/h2-4,11-13,15,22H,5-9H2,1H3/t12-,13-,15-/m0/s1. The lowest BCUT2D eigenvalue weighted by Crippen LogP contribution is -2.35. The molecule has 26 heavy (non-hydrogen) atoms. The van der Waals surface area contributed by atoms with Gasteiger partial charge in [0.2, 0.25) is 0 Å². The second-order valence-corrected chi connectivity index (χ2v) is 8.16. The summed E-state index contributed by atoms with van der Waals surface area (Å²) in [5, 5.41) is 8.25. The number of carbonyl (C=O) groups is 1. The Balaban J connectivity index is 1.52. The lowest BCUT2D eigenvalue weighted by atomic mass is 10.00. The second kappa shape index (κ2) is 6.10. The van der Waals surface area contributed by atoms with Crippen molar-refractivity contribution in [2.24, 2.45) is 5.92 Å². The van der Waals surface area contributed by atoms with E-state index in [-0.39, 0.29) is 18.0 Å². The van der Waals surface area contributed by atoms with Crippen LogP contribution in [0.15, 0.2) is 22.7 Å². The number of carbonyl (C=O) groups excluding carboxylic acids is 1. The first-order valence-corrected chi connectivity index (χ1v) is 9.69. The normalized spacial score (nSPS) is 27.1. The van der Waals surface area contributed by atoms with E-state index in [4.69, 9.17) is 20.9 Å². The molecule has 1 aliphatic heterocycles. The van der Waals surface area contributed by atoms with E-state index < -0.39 is 0 Å². The molecule has 1 N–H and O–H groups in total. The van der Waals surface area contributed by atoms with Crippen molar-refractivity contribution in [1.29, 1.82) is 0 Å². The van der Waals surface area contributed by atoms with Crippen molar-refractivity contribution in [2.45, 2.75) is 50.7 Å². The van der Waals surface area contributed by atoms with Crippen LogP contribution in [0.25, 0.3) is 11.3 Å². The van der Waals surface area contributed by atoms with Crippen LogP contribution in [-0.2, 0) is 4.74 Å². The second-order valence-electron chi connectivity index (χ2n) is 7.76. The van der Waals surface area contributed by atoms with E-state index in [0.717, 1.165) is 43.4 Å². The maximum atomic E-state index is 13.1. The molecule has 3 atom stereocenters. The zero-order valence-electron chi connectivity index (χ0n) is 14.6. The van der Waals surface area contributed by atoms with Gasteiger partial charge in [-0.3, -0.25) is 0 Å². The Hall–Kier alpha value is -1.85. The number of hydrogen-bond donors (Lipinski definition) is 1. The molecule has 2 bridgehead atoms. The molecule has 0 radical (unpaired) electrons. The van der Waals surface area contributed by atoms with Gasteiger partial charge in [0.1, 0.15) is 17.4 Å². The van der Waals surface area contributed by atoms with Gasteiger partial charge in [0.15, 0.2) is 5.76 Å². The monoisotopic (exact) mass is 372 g/mol. The predicted octanol–water partition coefficient (Wildman–Crippen LogP) is 4.09. The largest absolute Gasteiger partial charge is 0.458 e. The molecule has 2 aliphatic carbocycles. The van der Waals surface area contributed by atoms with Crippen molar-refractivity contribution in [3.8, 4) is 11.3 Å². The SMILES string of the molecule is Cc1cccc(Cl)c1-c1noc(C2CC2)c1C(=O)O[C@H]1C[C@@H]2C[C@H]1CN2. The summed E-state index contributed by atoms with van der Waals surface area (Å²) >= 11 is 6.42. The van der Waals surface area contributed by atoms with Gasteiger partial charge < -0.3 is 14.6 Å². The summed E-state index contributed by atoms with van der Waals surface area (Å²) in [4.78, 5) is 13.1. The van der Waals surface area contributed by atoms with Gasteiger partial charge in [0.05, 0.1) is 5.02 Å². The summed E-state index contributed by atoms with van der Waals surface area (Å²) in [6.07, 6.45) is 4.01. The molecular formula is C20H21ClN2O3. The third-order valence-corrected chi connectivity index (χ3v) is 6.20. The first-order valence-electron chi connectivity index (χ1n) is 9.31. The molecule has 5 nitrogen and oxygen atoms in total. The first-order chi connectivity index (χ1) is 12.6. The topological polar surface area (TPSA) is 64.4 Å². The molecule has 0 unspecified atom stereocenters. The molecule has 1 aromatic carbocycles. The number of esters is 1. The number of benzene rings is 1. The van der Waals surface area contributed by atoms with E-state index in [9.17, 15) is 4.79 Å². The summed E-state index contributed by atoms with van der Waals surface area (Å²) < 4.78 is 11.5. The Kier molecular flexibility index (Phi) is 3.83. The third kappa shape index (κ3) is 2.65. The minimum atomic E-state index is -0.319. The molecular weight excluding hydrogens is 352 g/mol. The number of aryl methyl sites for hydroxylation is 1. The average Bonchev–Trinajstić information content (AvgIpc) is 3.03. The van der Waals surface area contributed by atoms with E-state index in [1.807, 2.05) is 25.1 Å². The van der Waals surface area contributed by atoms with Crippen LogP contribution in [0.4, 0.5) is 0 Å². The number of nitrogens with zero attached hydrogens (tertiary/aromatic N) is 1. The number of hydrogen-bond acceptors (Lipinski definition) is 5. The summed E-state index contributed by atoms with van der Waals surface area (Å²) in [7, 11) is 0. The van der Waals surface area contributed by atoms with Crippen LogP contribution in [0.3, 0.4) is 0 Å². The van der Waals surface area contributed by atoms with Crippen molar-refractivity contribution in [2.75, 3.05) is 6.54 Å². The molecule has 6 heteroatoms. The molecule has 2 aromatic rings. The molecule has 2 heterocycles. The van der Waals surface area contributed by atoms with Gasteiger partial charge in [-0.05, 0) is 37.8 Å². The van der Waals surface area contributed by atoms with E-state index in [0.29, 0.717) is 34.0 Å². The highest BCUT2D eigenvalue weighted by Crippen LogP contribution is 2.46. The van der Waals surface area contributed by atoms with Gasteiger partial charge in [0, 0.05) is 36.4 Å². The number of rotatable bonds is 4. The number of piperidine rings is 1. The van der Waals surface area contributed by atoms with Crippen molar-refractivity contribution in [1.82, 2.24) is 10.5 Å². The fraction of sp³-hybridized carbons (Fsp3) is 0.500. The molecule has 2 saturated carbocycles. The van der Waals surface area contributed by atoms with Crippen molar-refractivity contribution in [3.63, 3.8) is 0 Å². The van der Waals surface area contributed by atoms with Gasteiger partial charge in [-0.15, -0.1) is 0 Å². The van der Waals surface area contributed by atoms with Crippen LogP contribution >= 0.6 is 11.6 Å². The van der Waals surface area contributed by atoms with Gasteiger partial charge in [-0.1, -0.05) is 28.9 Å². The quantitative estimate of drug-likeness (QED) is 0.819. The Morgan fingerprint density at radius 2 is 2.19 bits per heavy atom. The highest BCUT2D eigenvalue weighted by atomic mass is 35.5. The molecule has 1 saturated heterocycles. The number of ether oxygens (including phenoxy) is 1. The Morgan fingerprint density at radius 3 is 2.85 bits per heavy atom. The summed E-state index contributed by atoms with van der Waals surface area (Å²) in [6.45, 7) is 2.89. The number of nitrogens with one attached hydrogen (secondary N) is 1. The first kappa shape index (κ1) is 16.3. The molecule has 5 rings (SSSR count). The number of fused-ring (bicyclic) bond motifs is 2. The molecule has 1 aromatic heterocycles. The molecule has 0 amide bonds. The van der Waals surface area contributed by atoms with E-state index in [1.165, 1.54) is 0 Å². The van der Waals surface area contributed by atoms with Gasteiger partial charge in [-0.2, -0.15) is 0 Å². The van der Waals surface area contributed by atoms with Crippen LogP contribution in [0.1, 0.15) is 53.3 Å². The van der Waals surface area contributed by atoms with Gasteiger partial charge >= 0.3 is 5.97 Å². The lowest BCUT2D eigenvalue weighted by Gasteiger charge is -2.22. The van der Waals surface area contributed by atoms with Gasteiger partial charge in [-0.25, -0.2) is 4.79 Å². The van der Waals surface area contributed by atoms with Crippen molar-refractivity contribution < 1.29 is 14.1 Å². The molecule has 136 valence electrons. The molecule has 3 fully saturated rings. The molecule has 0 spiro atoms. The zero-order valence-corrected chi connectivity index (χ0v) is 15.4. The van der Waals surface area contributed by atoms with Crippen LogP contribution < -0.4 is 5.32 Å². The summed E-state index contributed by atoms with van der Waals surface area (Å²) in [5.74, 6) is 1.02. The highest BCUT2D eigenvalue weighted by molar-refractivity contribution is 6.33. The Labute approximate surface area is 157 Å². The number of halogens is 1. The zero-order chi connectivity index (χ0) is 17.8. The maximum absolute atomic E-state index is 13.1. The highest BCUT2D eigenvalue weighted by Gasteiger charge is 2.43. The van der Waals surface area contributed by atoms with E-state index in [1.54, 1.807) is 0 Å². The Bertz CT molecular complexity index is 854. The van der Waals surface area contributed by atoms with Crippen LogP contribution in [0.2, 0.25) is 5.02 Å². The molecule has 3 aliphatic rings. The van der Waals surface area contributed by atoms with Crippen LogP contribution in [0.5, 0.6) is 0 Å².